The Morgan fingerprint density at radius 2 is 1.80 bits per heavy atom. The van der Waals surface area contributed by atoms with Crippen LogP contribution in [0.15, 0.2) is 90.1 Å². The van der Waals surface area contributed by atoms with Crippen LogP contribution in [-0.4, -0.2) is 33.3 Å². The number of nitrogens with one attached hydrogen (secondary N) is 1. The number of hydrogen-bond donors (Lipinski definition) is 3. The van der Waals surface area contributed by atoms with Crippen molar-refractivity contribution in [3.8, 4) is 5.75 Å². The molecule has 0 saturated carbocycles. The highest BCUT2D eigenvalue weighted by Gasteiger charge is 2.42. The number of aromatic hydroxyl groups is 1. The minimum atomic E-state index is -4.64. The molecule has 3 aromatic carbocycles. The van der Waals surface area contributed by atoms with Gasteiger partial charge in [-0.05, 0) is 60.0 Å². The van der Waals surface area contributed by atoms with Crippen molar-refractivity contribution >= 4 is 34.5 Å². The first kappa shape index (κ1) is 27.7. The molecule has 1 amide bonds. The number of halogens is 3. The number of amides is 1. The zero-order valence-electron chi connectivity index (χ0n) is 21.9. The molecule has 1 heterocycles. The highest BCUT2D eigenvalue weighted by Crippen LogP contribution is 2.41. The summed E-state index contributed by atoms with van der Waals surface area (Å²) in [5.74, 6) is -2.02. The first-order chi connectivity index (χ1) is 19.5. The Bertz CT molecular complexity index is 1610. The number of carboxylic acid groups (broad SMARTS) is 1. The van der Waals surface area contributed by atoms with Crippen molar-refractivity contribution in [3.05, 3.63) is 107 Å². The fourth-order valence-corrected chi connectivity index (χ4v) is 4.99. The third kappa shape index (κ3) is 5.20. The highest BCUT2D eigenvalue weighted by atomic mass is 19.4. The third-order valence-corrected chi connectivity index (χ3v) is 7.11. The molecule has 0 radical (unpaired) electrons. The van der Waals surface area contributed by atoms with Crippen molar-refractivity contribution in [1.29, 1.82) is 0 Å². The summed E-state index contributed by atoms with van der Waals surface area (Å²) in [6.45, 7) is 2.02. The number of alkyl halides is 3. The largest absolute Gasteiger partial charge is 0.507 e. The molecule has 0 bridgehead atoms. The summed E-state index contributed by atoms with van der Waals surface area (Å²) >= 11 is 0. The Labute approximate surface area is 233 Å². The van der Waals surface area contributed by atoms with E-state index in [0.717, 1.165) is 35.4 Å². The van der Waals surface area contributed by atoms with Crippen LogP contribution in [0.5, 0.6) is 5.75 Å². The molecule has 1 unspecified atom stereocenters. The lowest BCUT2D eigenvalue weighted by atomic mass is 9.84. The third-order valence-electron chi connectivity index (χ3n) is 7.11. The lowest BCUT2D eigenvalue weighted by Crippen LogP contribution is -2.49. The van der Waals surface area contributed by atoms with Crippen LogP contribution in [0.25, 0.3) is 5.57 Å². The molecule has 3 aromatic rings. The van der Waals surface area contributed by atoms with Gasteiger partial charge in [-0.3, -0.25) is 15.1 Å². The molecule has 5 rings (SSSR count). The summed E-state index contributed by atoms with van der Waals surface area (Å²) in [4.78, 5) is 27.3. The van der Waals surface area contributed by atoms with Gasteiger partial charge in [0.15, 0.2) is 11.3 Å². The molecule has 3 N–H and O–H groups in total. The van der Waals surface area contributed by atoms with E-state index in [2.05, 4.69) is 10.5 Å². The maximum Gasteiger partial charge on any atom is 0.416 e. The number of hydrazone groups is 1. The summed E-state index contributed by atoms with van der Waals surface area (Å²) < 4.78 is 40.8. The second-order valence-electron chi connectivity index (χ2n) is 9.88. The van der Waals surface area contributed by atoms with Crippen LogP contribution in [0.4, 0.5) is 24.5 Å². The van der Waals surface area contributed by atoms with Gasteiger partial charge in [-0.2, -0.15) is 18.3 Å². The summed E-state index contributed by atoms with van der Waals surface area (Å²) in [7, 11) is 0. The Hall–Kier alpha value is -4.86. The average Bonchev–Trinajstić information content (AvgIpc) is 3.22. The number of para-hydroxylation sites is 1. The Kier molecular flexibility index (Phi) is 7.17. The quantitative estimate of drug-likeness (QED) is 0.298. The zero-order valence-corrected chi connectivity index (χ0v) is 21.9. The van der Waals surface area contributed by atoms with Crippen molar-refractivity contribution in [2.75, 3.05) is 4.90 Å². The molecule has 7 nitrogen and oxygen atoms in total. The van der Waals surface area contributed by atoms with Crippen molar-refractivity contribution < 1.29 is 33.0 Å². The van der Waals surface area contributed by atoms with Crippen LogP contribution < -0.4 is 10.3 Å². The number of nitrogens with zero attached hydrogens (tertiary/aromatic N) is 2. The second kappa shape index (κ2) is 10.6. The van der Waals surface area contributed by atoms with E-state index in [0.29, 0.717) is 16.8 Å². The van der Waals surface area contributed by atoms with E-state index in [1.54, 1.807) is 36.4 Å². The van der Waals surface area contributed by atoms with Gasteiger partial charge < -0.3 is 10.2 Å². The molecule has 1 aliphatic carbocycles. The number of carboxylic acids is 1. The van der Waals surface area contributed by atoms with Gasteiger partial charge in [0, 0.05) is 23.2 Å². The highest BCUT2D eigenvalue weighted by molar-refractivity contribution is 6.55. The number of benzene rings is 3. The molecule has 0 spiro atoms. The lowest BCUT2D eigenvalue weighted by molar-refractivity contribution is -0.142. The first-order valence-corrected chi connectivity index (χ1v) is 12.9. The van der Waals surface area contributed by atoms with Crippen LogP contribution in [0, 0.1) is 0 Å². The normalized spacial score (nSPS) is 19.3. The van der Waals surface area contributed by atoms with Gasteiger partial charge in [0.05, 0.1) is 11.3 Å². The number of phenolic OH excluding ortho intramolecular Hbond substituents is 1. The number of anilines is 2. The van der Waals surface area contributed by atoms with E-state index in [9.17, 15) is 33.0 Å². The number of phenols is 1. The van der Waals surface area contributed by atoms with Gasteiger partial charge in [0.2, 0.25) is 0 Å². The topological polar surface area (TPSA) is 102 Å². The first-order valence-electron chi connectivity index (χ1n) is 12.9. The van der Waals surface area contributed by atoms with E-state index in [1.165, 1.54) is 24.3 Å². The van der Waals surface area contributed by atoms with Crippen molar-refractivity contribution in [2.24, 2.45) is 5.10 Å². The van der Waals surface area contributed by atoms with Crippen molar-refractivity contribution in [3.63, 3.8) is 0 Å². The van der Waals surface area contributed by atoms with Gasteiger partial charge in [-0.25, -0.2) is 4.79 Å². The number of rotatable bonds is 7. The van der Waals surface area contributed by atoms with Gasteiger partial charge >= 0.3 is 12.1 Å². The lowest BCUT2D eigenvalue weighted by Gasteiger charge is -2.29. The molecule has 210 valence electrons. The molecular formula is C31H26F3N3O4. The minimum Gasteiger partial charge on any atom is -0.507 e. The molecule has 1 aliphatic heterocycles. The number of aliphatic carboxylic acids is 1. The smallest absolute Gasteiger partial charge is 0.416 e. The van der Waals surface area contributed by atoms with Crippen LogP contribution in [-0.2, 0) is 22.2 Å². The van der Waals surface area contributed by atoms with Crippen LogP contribution in [0.1, 0.15) is 42.0 Å². The molecule has 1 atom stereocenters. The maximum atomic E-state index is 13.7. The number of fused-ring (bicyclic) bond motifs is 1. The summed E-state index contributed by atoms with van der Waals surface area (Å²) in [5, 5.41) is 24.7. The predicted octanol–water partition coefficient (Wildman–Crippen LogP) is 6.20. The SMILES string of the molecule is CCCc1ccc(N2C(=O)/C(=N\NC3(C(=O)O)C=CC=C(c4ccccc4O)C3)c3ccc(C(F)(F)F)cc32)cc1. The molecule has 0 aromatic heterocycles. The van der Waals surface area contributed by atoms with Crippen LogP contribution in [0.3, 0.4) is 0 Å². The summed E-state index contributed by atoms with van der Waals surface area (Å²) in [6, 6.07) is 16.3. The Morgan fingerprint density at radius 1 is 1.07 bits per heavy atom. The van der Waals surface area contributed by atoms with Crippen LogP contribution >= 0.6 is 0 Å². The van der Waals surface area contributed by atoms with Crippen molar-refractivity contribution in [1.82, 2.24) is 5.43 Å². The Balaban J connectivity index is 1.54. The van der Waals surface area contributed by atoms with E-state index in [4.69, 9.17) is 0 Å². The van der Waals surface area contributed by atoms with Crippen LogP contribution in [0.2, 0.25) is 0 Å². The summed E-state index contributed by atoms with van der Waals surface area (Å²) in [6.07, 6.45) is 1.51. The van der Waals surface area contributed by atoms with Gasteiger partial charge in [0.25, 0.3) is 5.91 Å². The van der Waals surface area contributed by atoms with Crippen molar-refractivity contribution in [2.45, 2.75) is 37.9 Å². The van der Waals surface area contributed by atoms with E-state index >= 15 is 0 Å². The fraction of sp³-hybridized carbons (Fsp3) is 0.194. The molecule has 10 heteroatoms. The molecule has 2 aliphatic rings. The molecule has 0 fully saturated rings. The summed E-state index contributed by atoms with van der Waals surface area (Å²) in [5.41, 5.74) is 2.13. The number of carbonyl (C=O) groups is 2. The van der Waals surface area contributed by atoms with Gasteiger partial charge in [-0.15, -0.1) is 0 Å². The number of hydrogen-bond acceptors (Lipinski definition) is 5. The van der Waals surface area contributed by atoms with Gasteiger partial charge in [-0.1, -0.05) is 55.8 Å². The monoisotopic (exact) mass is 561 g/mol. The average molecular weight is 562 g/mol. The fourth-order valence-electron chi connectivity index (χ4n) is 4.99. The maximum absolute atomic E-state index is 13.7. The number of aryl methyl sites for hydroxylation is 1. The standard InChI is InChI=1S/C31H26F3N3O4/c1-2-6-19-10-13-22(14-11-19)37-25-17-21(31(32,33)34)12-15-24(25)27(28(37)39)35-36-30(29(40)41)16-5-7-20(18-30)23-8-3-4-9-26(23)38/h3-5,7-17,36,38H,2,6,18H2,1H3,(H,40,41)/b35-27-. The Morgan fingerprint density at radius 3 is 2.46 bits per heavy atom. The minimum absolute atomic E-state index is 0.00743. The molecule has 41 heavy (non-hydrogen) atoms. The van der Waals surface area contributed by atoms with E-state index in [1.807, 2.05) is 19.1 Å². The predicted molar refractivity (Wildman–Crippen MR) is 149 cm³/mol. The number of allylic oxidation sites excluding steroid dienone is 2. The van der Waals surface area contributed by atoms with E-state index in [-0.39, 0.29) is 29.1 Å². The van der Waals surface area contributed by atoms with E-state index < -0.39 is 29.2 Å². The zero-order chi connectivity index (χ0) is 29.4. The molecule has 0 saturated heterocycles. The van der Waals surface area contributed by atoms with Gasteiger partial charge in [0.1, 0.15) is 5.75 Å². The molecular weight excluding hydrogens is 535 g/mol. The second-order valence-corrected chi connectivity index (χ2v) is 9.88. The number of carbonyl (C=O) groups excluding carboxylic acids is 1.